The van der Waals surface area contributed by atoms with E-state index in [2.05, 4.69) is 6.58 Å². The number of Topliss-reactive ketones (excluding diaryl/α,β-unsaturated/α-hetero) is 1. The summed E-state index contributed by atoms with van der Waals surface area (Å²) in [4.78, 5) is 27.0. The van der Waals surface area contributed by atoms with Gasteiger partial charge in [0.1, 0.15) is 12.4 Å². The van der Waals surface area contributed by atoms with E-state index in [0.29, 0.717) is 25.1 Å². The van der Waals surface area contributed by atoms with Crippen LogP contribution in [0.25, 0.3) is 0 Å². The molecule has 4 nitrogen and oxygen atoms in total. The van der Waals surface area contributed by atoms with Gasteiger partial charge in [-0.25, -0.2) is 0 Å². The maximum atomic E-state index is 12.8. The Bertz CT molecular complexity index is 720. The van der Waals surface area contributed by atoms with Gasteiger partial charge in [0.05, 0.1) is 12.6 Å². The Kier molecular flexibility index (Phi) is 5.37. The van der Waals surface area contributed by atoms with E-state index in [1.165, 1.54) is 0 Å². The number of ether oxygens (including phenoxy) is 1. The van der Waals surface area contributed by atoms with E-state index in [9.17, 15) is 9.59 Å². The molecular weight excluding hydrogens is 314 g/mol. The third-order valence-corrected chi connectivity index (χ3v) is 4.96. The molecule has 3 rings (SSSR count). The first-order chi connectivity index (χ1) is 12.1. The van der Waals surface area contributed by atoms with E-state index in [4.69, 9.17) is 4.74 Å². The Morgan fingerprint density at radius 3 is 2.96 bits per heavy atom. The number of amides is 1. The topological polar surface area (TPSA) is 46.6 Å². The van der Waals surface area contributed by atoms with Crippen LogP contribution in [0.15, 0.2) is 42.5 Å². The molecule has 0 N–H and O–H groups in total. The van der Waals surface area contributed by atoms with Gasteiger partial charge in [-0.2, -0.15) is 0 Å². The second kappa shape index (κ2) is 7.68. The lowest BCUT2D eigenvalue weighted by Crippen LogP contribution is -2.40. The van der Waals surface area contributed by atoms with Crippen LogP contribution in [0.3, 0.4) is 0 Å². The standard InChI is InChI=1S/C21H25NO3/c1-3-8-15(2)14-25-20-12-7-9-16-17(20)13-22(21(16)24)18-10-5-4-6-11-19(18)23/h3,7-9,12,18H,1,4-6,10-11,13-14H2,2H3/b15-8+/t18-/m0/s1. The first-order valence-corrected chi connectivity index (χ1v) is 8.98. The van der Waals surface area contributed by atoms with Crippen molar-refractivity contribution in [3.63, 3.8) is 0 Å². The number of benzene rings is 1. The van der Waals surface area contributed by atoms with Crippen LogP contribution in [-0.4, -0.2) is 29.2 Å². The molecule has 0 saturated heterocycles. The molecule has 1 saturated carbocycles. The predicted octanol–water partition coefficient (Wildman–Crippen LogP) is 4.06. The molecule has 0 radical (unpaired) electrons. The molecule has 2 aliphatic rings. The Labute approximate surface area is 149 Å². The zero-order valence-electron chi connectivity index (χ0n) is 14.8. The second-order valence-electron chi connectivity index (χ2n) is 6.83. The van der Waals surface area contributed by atoms with Crippen LogP contribution < -0.4 is 4.74 Å². The maximum absolute atomic E-state index is 12.8. The minimum atomic E-state index is -0.280. The Morgan fingerprint density at radius 1 is 1.32 bits per heavy atom. The van der Waals surface area contributed by atoms with Crippen molar-refractivity contribution < 1.29 is 14.3 Å². The van der Waals surface area contributed by atoms with E-state index in [-0.39, 0.29) is 17.7 Å². The summed E-state index contributed by atoms with van der Waals surface area (Å²) in [5.41, 5.74) is 2.63. The molecule has 1 aromatic carbocycles. The fourth-order valence-corrected chi connectivity index (χ4v) is 3.62. The SMILES string of the molecule is C=C/C=C(\C)COc1cccc2c1CN([C@H]1CCCCCC1=O)C2=O. The van der Waals surface area contributed by atoms with Crippen molar-refractivity contribution in [3.05, 3.63) is 53.6 Å². The van der Waals surface area contributed by atoms with E-state index < -0.39 is 0 Å². The van der Waals surface area contributed by atoms with E-state index in [0.717, 1.165) is 42.6 Å². The molecule has 1 aliphatic heterocycles. The lowest BCUT2D eigenvalue weighted by molar-refractivity contribution is -0.123. The highest BCUT2D eigenvalue weighted by Gasteiger charge is 2.37. The zero-order chi connectivity index (χ0) is 17.8. The average molecular weight is 339 g/mol. The van der Waals surface area contributed by atoms with Crippen LogP contribution >= 0.6 is 0 Å². The summed E-state index contributed by atoms with van der Waals surface area (Å²) in [5.74, 6) is 0.885. The van der Waals surface area contributed by atoms with Crippen LogP contribution in [0.1, 0.15) is 54.9 Å². The Balaban J connectivity index is 1.80. The van der Waals surface area contributed by atoms with E-state index in [1.54, 1.807) is 11.0 Å². The summed E-state index contributed by atoms with van der Waals surface area (Å²) >= 11 is 0. The van der Waals surface area contributed by atoms with Gasteiger partial charge in [0.15, 0.2) is 5.78 Å². The first-order valence-electron chi connectivity index (χ1n) is 8.98. The van der Waals surface area contributed by atoms with Crippen LogP contribution in [0.2, 0.25) is 0 Å². The number of nitrogens with zero attached hydrogens (tertiary/aromatic N) is 1. The summed E-state index contributed by atoms with van der Waals surface area (Å²) in [5, 5.41) is 0. The molecule has 1 amide bonds. The normalized spacial score (nSPS) is 21.1. The molecule has 0 bridgehead atoms. The van der Waals surface area contributed by atoms with Crippen LogP contribution in [-0.2, 0) is 11.3 Å². The van der Waals surface area contributed by atoms with Gasteiger partial charge in [-0.15, -0.1) is 0 Å². The van der Waals surface area contributed by atoms with Crippen molar-refractivity contribution in [1.82, 2.24) is 4.90 Å². The molecular formula is C21H25NO3. The van der Waals surface area contributed by atoms with Crippen LogP contribution in [0, 0.1) is 0 Å². The average Bonchev–Trinajstić information content (AvgIpc) is 2.78. The van der Waals surface area contributed by atoms with Gasteiger partial charge in [0.25, 0.3) is 5.91 Å². The molecule has 1 atom stereocenters. The van der Waals surface area contributed by atoms with Gasteiger partial charge in [-0.3, -0.25) is 9.59 Å². The molecule has 4 heteroatoms. The molecule has 1 fully saturated rings. The lowest BCUT2D eigenvalue weighted by atomic mass is 10.1. The van der Waals surface area contributed by atoms with Gasteiger partial charge in [-0.1, -0.05) is 37.6 Å². The first kappa shape index (κ1) is 17.5. The highest BCUT2D eigenvalue weighted by molar-refractivity contribution is 6.02. The fourth-order valence-electron chi connectivity index (χ4n) is 3.62. The molecule has 0 aromatic heterocycles. The van der Waals surface area contributed by atoms with Gasteiger partial charge in [0, 0.05) is 17.5 Å². The fraction of sp³-hybridized carbons (Fsp3) is 0.429. The van der Waals surface area contributed by atoms with Gasteiger partial charge in [-0.05, 0) is 37.5 Å². The maximum Gasteiger partial charge on any atom is 0.255 e. The molecule has 1 aromatic rings. The van der Waals surface area contributed by atoms with Crippen molar-refractivity contribution in [2.24, 2.45) is 0 Å². The number of rotatable bonds is 5. The predicted molar refractivity (Wildman–Crippen MR) is 97.6 cm³/mol. The number of hydrogen-bond acceptors (Lipinski definition) is 3. The van der Waals surface area contributed by atoms with E-state index >= 15 is 0 Å². The van der Waals surface area contributed by atoms with Crippen molar-refractivity contribution in [2.75, 3.05) is 6.61 Å². The van der Waals surface area contributed by atoms with Crippen LogP contribution in [0.4, 0.5) is 0 Å². The summed E-state index contributed by atoms with van der Waals surface area (Å²) in [7, 11) is 0. The van der Waals surface area contributed by atoms with Crippen molar-refractivity contribution in [3.8, 4) is 5.75 Å². The molecule has 0 unspecified atom stereocenters. The third kappa shape index (κ3) is 3.68. The van der Waals surface area contributed by atoms with Gasteiger partial charge < -0.3 is 9.64 Å². The lowest BCUT2D eigenvalue weighted by Gasteiger charge is -2.25. The van der Waals surface area contributed by atoms with Crippen LogP contribution in [0.5, 0.6) is 5.75 Å². The Hall–Kier alpha value is -2.36. The second-order valence-corrected chi connectivity index (χ2v) is 6.83. The highest BCUT2D eigenvalue weighted by Crippen LogP contribution is 2.34. The summed E-state index contributed by atoms with van der Waals surface area (Å²) in [6.07, 6.45) is 8.01. The molecule has 1 heterocycles. The number of fused-ring (bicyclic) bond motifs is 1. The van der Waals surface area contributed by atoms with Gasteiger partial charge >= 0.3 is 0 Å². The van der Waals surface area contributed by atoms with Gasteiger partial charge in [0.2, 0.25) is 0 Å². The largest absolute Gasteiger partial charge is 0.489 e. The summed E-state index contributed by atoms with van der Waals surface area (Å²) < 4.78 is 5.92. The molecule has 0 spiro atoms. The number of allylic oxidation sites excluding steroid dienone is 2. The Morgan fingerprint density at radius 2 is 2.16 bits per heavy atom. The quantitative estimate of drug-likeness (QED) is 0.600. The monoisotopic (exact) mass is 339 g/mol. The van der Waals surface area contributed by atoms with Crippen molar-refractivity contribution in [2.45, 2.75) is 51.6 Å². The van der Waals surface area contributed by atoms with Crippen molar-refractivity contribution in [1.29, 1.82) is 0 Å². The number of carbonyl (C=O) groups is 2. The smallest absolute Gasteiger partial charge is 0.255 e. The minimum Gasteiger partial charge on any atom is -0.489 e. The third-order valence-electron chi connectivity index (χ3n) is 4.96. The summed E-state index contributed by atoms with van der Waals surface area (Å²) in [6, 6.07) is 5.29. The molecule has 1 aliphatic carbocycles. The zero-order valence-corrected chi connectivity index (χ0v) is 14.8. The number of carbonyl (C=O) groups excluding carboxylic acids is 2. The number of ketones is 1. The summed E-state index contributed by atoms with van der Waals surface area (Å²) in [6.45, 7) is 6.58. The molecule has 25 heavy (non-hydrogen) atoms. The number of hydrogen-bond donors (Lipinski definition) is 0. The minimum absolute atomic E-state index is 0.0425. The highest BCUT2D eigenvalue weighted by atomic mass is 16.5. The van der Waals surface area contributed by atoms with E-state index in [1.807, 2.05) is 31.2 Å². The molecule has 132 valence electrons. The van der Waals surface area contributed by atoms with Crippen molar-refractivity contribution >= 4 is 11.7 Å².